The molecule has 0 spiro atoms. The van der Waals surface area contributed by atoms with Crippen molar-refractivity contribution in [2.45, 2.75) is 6.92 Å². The van der Waals surface area contributed by atoms with Crippen LogP contribution in [0.3, 0.4) is 0 Å². The zero-order valence-electron chi connectivity index (χ0n) is 10.5. The van der Waals surface area contributed by atoms with E-state index in [1.807, 2.05) is 0 Å². The molecule has 3 N–H and O–H groups in total. The average Bonchev–Trinajstić information content (AvgIpc) is 2.38. The molecule has 0 aliphatic heterocycles. The first-order valence-corrected chi connectivity index (χ1v) is 6.50. The minimum atomic E-state index is -0.629. The molecule has 0 atom stereocenters. The van der Waals surface area contributed by atoms with Crippen molar-refractivity contribution in [3.8, 4) is 0 Å². The van der Waals surface area contributed by atoms with Gasteiger partial charge in [0.15, 0.2) is 0 Å². The number of halogens is 3. The molecule has 0 heterocycles. The molecular weight excluding hydrogens is 330 g/mol. The molecule has 0 aromatic heterocycles. The molecule has 0 aliphatic rings. The molecule has 6 heteroatoms. The highest BCUT2D eigenvalue weighted by Crippen LogP contribution is 2.25. The first-order chi connectivity index (χ1) is 9.40. The SMILES string of the molecule is Cc1cccc(F)c1NC(=O)c1cc(N)c(F)cc1Br. The van der Waals surface area contributed by atoms with Gasteiger partial charge in [0, 0.05) is 4.47 Å². The second-order valence-electron chi connectivity index (χ2n) is 4.24. The Balaban J connectivity index is 2.36. The van der Waals surface area contributed by atoms with Crippen molar-refractivity contribution in [3.63, 3.8) is 0 Å². The van der Waals surface area contributed by atoms with E-state index in [2.05, 4.69) is 21.2 Å². The Morgan fingerprint density at radius 3 is 2.60 bits per heavy atom. The van der Waals surface area contributed by atoms with Crippen LogP contribution in [0.4, 0.5) is 20.2 Å². The zero-order chi connectivity index (χ0) is 14.9. The van der Waals surface area contributed by atoms with Crippen LogP contribution in [-0.2, 0) is 0 Å². The molecule has 0 bridgehead atoms. The molecule has 0 radical (unpaired) electrons. The van der Waals surface area contributed by atoms with E-state index in [4.69, 9.17) is 5.73 Å². The molecule has 2 aromatic carbocycles. The number of hydrogen-bond acceptors (Lipinski definition) is 2. The monoisotopic (exact) mass is 340 g/mol. The zero-order valence-corrected chi connectivity index (χ0v) is 12.1. The molecule has 0 fully saturated rings. The molecular formula is C14H11BrF2N2O. The van der Waals surface area contributed by atoms with Crippen molar-refractivity contribution in [3.05, 3.63) is 57.6 Å². The Kier molecular flexibility index (Phi) is 4.04. The highest BCUT2D eigenvalue weighted by Gasteiger charge is 2.16. The van der Waals surface area contributed by atoms with Crippen molar-refractivity contribution in [1.29, 1.82) is 0 Å². The van der Waals surface area contributed by atoms with E-state index in [9.17, 15) is 13.6 Å². The molecule has 0 unspecified atom stereocenters. The molecule has 20 heavy (non-hydrogen) atoms. The summed E-state index contributed by atoms with van der Waals surface area (Å²) in [6, 6.07) is 6.76. The van der Waals surface area contributed by atoms with Crippen LogP contribution >= 0.6 is 15.9 Å². The summed E-state index contributed by atoms with van der Waals surface area (Å²) in [5.74, 6) is -1.74. The number of benzene rings is 2. The van der Waals surface area contributed by atoms with Crippen molar-refractivity contribution in [2.24, 2.45) is 0 Å². The molecule has 0 saturated heterocycles. The Bertz CT molecular complexity index is 669. The third-order valence-corrected chi connectivity index (χ3v) is 3.45. The van der Waals surface area contributed by atoms with E-state index < -0.39 is 17.5 Å². The van der Waals surface area contributed by atoms with Gasteiger partial charge < -0.3 is 11.1 Å². The highest BCUT2D eigenvalue weighted by molar-refractivity contribution is 9.10. The lowest BCUT2D eigenvalue weighted by Crippen LogP contribution is -2.15. The number of rotatable bonds is 2. The third kappa shape index (κ3) is 2.80. The maximum Gasteiger partial charge on any atom is 0.256 e. The van der Waals surface area contributed by atoms with Gasteiger partial charge in [0.2, 0.25) is 0 Å². The lowest BCUT2D eigenvalue weighted by atomic mass is 10.1. The fourth-order valence-electron chi connectivity index (χ4n) is 1.71. The fourth-order valence-corrected chi connectivity index (χ4v) is 2.21. The standard InChI is InChI=1S/C14H11BrF2N2O/c1-7-3-2-4-10(16)13(7)19-14(20)8-5-12(18)11(17)6-9(8)15/h2-6H,18H2,1H3,(H,19,20). The highest BCUT2D eigenvalue weighted by atomic mass is 79.9. The number of anilines is 2. The lowest BCUT2D eigenvalue weighted by Gasteiger charge is -2.11. The summed E-state index contributed by atoms with van der Waals surface area (Å²) in [6.45, 7) is 1.67. The van der Waals surface area contributed by atoms with E-state index in [0.29, 0.717) is 5.56 Å². The minimum Gasteiger partial charge on any atom is -0.396 e. The van der Waals surface area contributed by atoms with E-state index in [-0.39, 0.29) is 21.4 Å². The summed E-state index contributed by atoms with van der Waals surface area (Å²) >= 11 is 3.08. The van der Waals surface area contributed by atoms with Crippen LogP contribution in [0.1, 0.15) is 15.9 Å². The van der Waals surface area contributed by atoms with Gasteiger partial charge in [-0.3, -0.25) is 4.79 Å². The van der Waals surface area contributed by atoms with Crippen LogP contribution in [0.2, 0.25) is 0 Å². The van der Waals surface area contributed by atoms with Gasteiger partial charge in [-0.05, 0) is 46.6 Å². The van der Waals surface area contributed by atoms with Gasteiger partial charge >= 0.3 is 0 Å². The van der Waals surface area contributed by atoms with E-state index in [1.165, 1.54) is 12.1 Å². The van der Waals surface area contributed by atoms with Crippen molar-refractivity contribution < 1.29 is 13.6 Å². The first kappa shape index (κ1) is 14.5. The van der Waals surface area contributed by atoms with Crippen LogP contribution in [-0.4, -0.2) is 5.91 Å². The van der Waals surface area contributed by atoms with Crippen LogP contribution in [0.5, 0.6) is 0 Å². The van der Waals surface area contributed by atoms with Gasteiger partial charge in [-0.2, -0.15) is 0 Å². The number of nitrogens with two attached hydrogens (primary N) is 1. The Morgan fingerprint density at radius 2 is 1.95 bits per heavy atom. The summed E-state index contributed by atoms with van der Waals surface area (Å²) in [4.78, 5) is 12.1. The summed E-state index contributed by atoms with van der Waals surface area (Å²) < 4.78 is 27.1. The quantitative estimate of drug-likeness (QED) is 0.815. The second-order valence-corrected chi connectivity index (χ2v) is 5.09. The van der Waals surface area contributed by atoms with Gasteiger partial charge in [0.1, 0.15) is 11.6 Å². The number of carbonyl (C=O) groups is 1. The third-order valence-electron chi connectivity index (χ3n) is 2.79. The number of carbonyl (C=O) groups excluding carboxylic acids is 1. The summed E-state index contributed by atoms with van der Waals surface area (Å²) in [7, 11) is 0. The van der Waals surface area contributed by atoms with Crippen LogP contribution in [0, 0.1) is 18.6 Å². The van der Waals surface area contributed by atoms with Gasteiger partial charge in [-0.1, -0.05) is 12.1 Å². The summed E-state index contributed by atoms with van der Waals surface area (Å²) in [5, 5.41) is 2.46. The number of hydrogen-bond donors (Lipinski definition) is 2. The van der Waals surface area contributed by atoms with E-state index >= 15 is 0 Å². The van der Waals surface area contributed by atoms with E-state index in [0.717, 1.165) is 6.07 Å². The normalized spacial score (nSPS) is 10.4. The average molecular weight is 341 g/mol. The predicted octanol–water partition coefficient (Wildman–Crippen LogP) is 3.87. The van der Waals surface area contributed by atoms with Crippen LogP contribution in [0.25, 0.3) is 0 Å². The maximum atomic E-state index is 13.7. The van der Waals surface area contributed by atoms with Gasteiger partial charge in [0.25, 0.3) is 5.91 Å². The predicted molar refractivity (Wildman–Crippen MR) is 77.6 cm³/mol. The smallest absolute Gasteiger partial charge is 0.256 e. The van der Waals surface area contributed by atoms with Crippen molar-refractivity contribution in [2.75, 3.05) is 11.1 Å². The van der Waals surface area contributed by atoms with Gasteiger partial charge in [-0.25, -0.2) is 8.78 Å². The van der Waals surface area contributed by atoms with Gasteiger partial charge in [-0.15, -0.1) is 0 Å². The number of aryl methyl sites for hydroxylation is 1. The first-order valence-electron chi connectivity index (χ1n) is 5.71. The fraction of sp³-hybridized carbons (Fsp3) is 0.0714. The molecule has 0 aliphatic carbocycles. The summed E-state index contributed by atoms with van der Waals surface area (Å²) in [6.07, 6.45) is 0. The van der Waals surface area contributed by atoms with Crippen molar-refractivity contribution >= 4 is 33.2 Å². The molecule has 1 amide bonds. The molecule has 2 aromatic rings. The molecule has 3 nitrogen and oxygen atoms in total. The lowest BCUT2D eigenvalue weighted by molar-refractivity contribution is 0.102. The minimum absolute atomic E-state index is 0.0901. The number of amides is 1. The topological polar surface area (TPSA) is 55.1 Å². The van der Waals surface area contributed by atoms with Crippen LogP contribution in [0.15, 0.2) is 34.8 Å². The van der Waals surface area contributed by atoms with Crippen LogP contribution < -0.4 is 11.1 Å². The molecule has 104 valence electrons. The Labute approximate surface area is 122 Å². The van der Waals surface area contributed by atoms with Crippen molar-refractivity contribution in [1.82, 2.24) is 0 Å². The van der Waals surface area contributed by atoms with E-state index in [1.54, 1.807) is 19.1 Å². The Morgan fingerprint density at radius 1 is 1.25 bits per heavy atom. The number of nitrogen functional groups attached to an aromatic ring is 1. The van der Waals surface area contributed by atoms with Gasteiger partial charge in [0.05, 0.1) is 16.9 Å². The Hall–Kier alpha value is -1.95. The maximum absolute atomic E-state index is 13.7. The summed E-state index contributed by atoms with van der Waals surface area (Å²) in [5.41, 5.74) is 6.09. The second kappa shape index (κ2) is 5.58. The largest absolute Gasteiger partial charge is 0.396 e. The molecule has 2 rings (SSSR count). The number of para-hydroxylation sites is 1. The molecule has 0 saturated carbocycles. The number of nitrogens with one attached hydrogen (secondary N) is 1.